The van der Waals surface area contributed by atoms with E-state index in [-0.39, 0.29) is 6.04 Å². The fourth-order valence-corrected chi connectivity index (χ4v) is 3.20. The highest BCUT2D eigenvalue weighted by molar-refractivity contribution is 5.77. The highest BCUT2D eigenvalue weighted by Gasteiger charge is 2.32. The molecule has 1 amide bonds. The lowest BCUT2D eigenvalue weighted by molar-refractivity contribution is -0.130. The monoisotopic (exact) mass is 296 g/mol. The van der Waals surface area contributed by atoms with Gasteiger partial charge in [0.15, 0.2) is 5.82 Å². The Bertz CT molecular complexity index is 662. The Labute approximate surface area is 130 Å². The Morgan fingerprint density at radius 2 is 2.00 bits per heavy atom. The molecule has 0 N–H and O–H groups in total. The van der Waals surface area contributed by atoms with Gasteiger partial charge in [-0.25, -0.2) is 0 Å². The van der Waals surface area contributed by atoms with Crippen molar-refractivity contribution >= 4 is 5.91 Å². The first kappa shape index (κ1) is 13.5. The molecule has 1 aliphatic heterocycles. The molecule has 4 rings (SSSR count). The van der Waals surface area contributed by atoms with Gasteiger partial charge in [-0.1, -0.05) is 30.3 Å². The average Bonchev–Trinajstić information content (AvgIpc) is 3.06. The summed E-state index contributed by atoms with van der Waals surface area (Å²) in [5.41, 5.74) is 1.07. The lowest BCUT2D eigenvalue weighted by Gasteiger charge is -2.17. The number of carbonyl (C=O) groups is 1. The summed E-state index contributed by atoms with van der Waals surface area (Å²) in [7, 11) is 0. The third kappa shape index (κ3) is 2.63. The van der Waals surface area contributed by atoms with Crippen LogP contribution in [0.5, 0.6) is 0 Å². The van der Waals surface area contributed by atoms with Crippen LogP contribution in [0.25, 0.3) is 11.4 Å². The van der Waals surface area contributed by atoms with Gasteiger partial charge in [-0.2, -0.15) is 0 Å². The zero-order valence-electron chi connectivity index (χ0n) is 12.6. The molecule has 1 aromatic heterocycles. The standard InChI is InChI=1S/C17H20N4O/c22-16(10-13-6-7-13)20-9-8-15(11-20)21-12-18-19-17(21)14-4-2-1-3-5-14/h1-5,12-13,15H,6-11H2. The minimum Gasteiger partial charge on any atom is -0.341 e. The molecule has 5 heteroatoms. The van der Waals surface area contributed by atoms with Crippen LogP contribution in [0.3, 0.4) is 0 Å². The average molecular weight is 296 g/mol. The van der Waals surface area contributed by atoms with Crippen LogP contribution in [0, 0.1) is 5.92 Å². The number of rotatable bonds is 4. The number of aromatic nitrogens is 3. The van der Waals surface area contributed by atoms with Crippen LogP contribution in [0.1, 0.15) is 31.7 Å². The fraction of sp³-hybridized carbons (Fsp3) is 0.471. The van der Waals surface area contributed by atoms with Crippen molar-refractivity contribution in [1.29, 1.82) is 0 Å². The minimum atomic E-state index is 0.286. The summed E-state index contributed by atoms with van der Waals surface area (Å²) in [5, 5.41) is 8.35. The summed E-state index contributed by atoms with van der Waals surface area (Å²) in [6.45, 7) is 1.63. The van der Waals surface area contributed by atoms with Crippen LogP contribution in [0.2, 0.25) is 0 Å². The van der Waals surface area contributed by atoms with Crippen LogP contribution >= 0.6 is 0 Å². The molecular weight excluding hydrogens is 276 g/mol. The highest BCUT2D eigenvalue weighted by atomic mass is 16.2. The van der Waals surface area contributed by atoms with E-state index in [1.165, 1.54) is 12.8 Å². The SMILES string of the molecule is O=C(CC1CC1)N1CCC(n2cnnc2-c2ccccc2)C1. The maximum absolute atomic E-state index is 12.3. The first-order valence-electron chi connectivity index (χ1n) is 8.04. The molecule has 114 valence electrons. The number of carbonyl (C=O) groups excluding carboxylic acids is 1. The van der Waals surface area contributed by atoms with Crippen molar-refractivity contribution in [2.45, 2.75) is 31.7 Å². The molecule has 2 aromatic rings. The van der Waals surface area contributed by atoms with Gasteiger partial charge >= 0.3 is 0 Å². The van der Waals surface area contributed by atoms with Crippen LogP contribution in [-0.2, 0) is 4.79 Å². The van der Waals surface area contributed by atoms with Gasteiger partial charge in [0.1, 0.15) is 6.33 Å². The third-order valence-electron chi connectivity index (χ3n) is 4.67. The maximum atomic E-state index is 12.3. The van der Waals surface area contributed by atoms with Gasteiger partial charge in [0, 0.05) is 25.1 Å². The van der Waals surface area contributed by atoms with E-state index in [1.54, 1.807) is 6.33 Å². The van der Waals surface area contributed by atoms with Crippen LogP contribution < -0.4 is 0 Å². The number of amides is 1. The highest BCUT2D eigenvalue weighted by Crippen LogP contribution is 2.34. The molecule has 1 saturated carbocycles. The smallest absolute Gasteiger partial charge is 0.222 e. The van der Waals surface area contributed by atoms with Gasteiger partial charge in [-0.05, 0) is 25.2 Å². The maximum Gasteiger partial charge on any atom is 0.222 e. The van der Waals surface area contributed by atoms with E-state index in [2.05, 4.69) is 14.8 Å². The lowest BCUT2D eigenvalue weighted by Crippen LogP contribution is -2.29. The summed E-state index contributed by atoms with van der Waals surface area (Å²) in [5.74, 6) is 1.86. The molecular formula is C17H20N4O. The molecule has 1 aromatic carbocycles. The van der Waals surface area contributed by atoms with E-state index in [1.807, 2.05) is 35.2 Å². The molecule has 1 atom stereocenters. The van der Waals surface area contributed by atoms with Crippen molar-refractivity contribution in [3.05, 3.63) is 36.7 Å². The zero-order valence-corrected chi connectivity index (χ0v) is 12.6. The topological polar surface area (TPSA) is 51.0 Å². The molecule has 1 aliphatic carbocycles. The molecule has 5 nitrogen and oxygen atoms in total. The van der Waals surface area contributed by atoms with Gasteiger partial charge < -0.3 is 9.47 Å². The van der Waals surface area contributed by atoms with E-state index in [0.29, 0.717) is 11.8 Å². The quantitative estimate of drug-likeness (QED) is 0.871. The summed E-state index contributed by atoms with van der Waals surface area (Å²) in [6.07, 6.45) is 5.97. The largest absolute Gasteiger partial charge is 0.341 e. The molecule has 22 heavy (non-hydrogen) atoms. The second-order valence-electron chi connectivity index (χ2n) is 6.36. The Morgan fingerprint density at radius 1 is 1.18 bits per heavy atom. The Balaban J connectivity index is 1.49. The van der Waals surface area contributed by atoms with E-state index in [4.69, 9.17) is 0 Å². The van der Waals surface area contributed by atoms with E-state index in [9.17, 15) is 4.79 Å². The lowest BCUT2D eigenvalue weighted by atomic mass is 10.2. The molecule has 2 aliphatic rings. The predicted molar refractivity (Wildman–Crippen MR) is 83.0 cm³/mol. The van der Waals surface area contributed by atoms with Crippen molar-refractivity contribution < 1.29 is 4.79 Å². The number of hydrogen-bond acceptors (Lipinski definition) is 3. The summed E-state index contributed by atoms with van der Waals surface area (Å²) >= 11 is 0. The molecule has 0 bridgehead atoms. The Kier molecular flexibility index (Phi) is 3.41. The Hall–Kier alpha value is -2.17. The number of likely N-dealkylation sites (tertiary alicyclic amines) is 1. The molecule has 1 unspecified atom stereocenters. The third-order valence-corrected chi connectivity index (χ3v) is 4.67. The second-order valence-corrected chi connectivity index (χ2v) is 6.36. The Morgan fingerprint density at radius 3 is 2.77 bits per heavy atom. The summed E-state index contributed by atoms with van der Waals surface area (Å²) < 4.78 is 2.12. The molecule has 1 saturated heterocycles. The van der Waals surface area contributed by atoms with E-state index in [0.717, 1.165) is 37.3 Å². The molecule has 2 fully saturated rings. The number of hydrogen-bond donors (Lipinski definition) is 0. The number of benzene rings is 1. The summed E-state index contributed by atoms with van der Waals surface area (Å²) in [6, 6.07) is 10.4. The summed E-state index contributed by atoms with van der Waals surface area (Å²) in [4.78, 5) is 14.3. The van der Waals surface area contributed by atoms with Gasteiger partial charge in [0.05, 0.1) is 6.04 Å². The number of nitrogens with zero attached hydrogens (tertiary/aromatic N) is 4. The van der Waals surface area contributed by atoms with Crippen LogP contribution in [0.4, 0.5) is 0 Å². The van der Waals surface area contributed by atoms with Gasteiger partial charge in [-0.15, -0.1) is 10.2 Å². The predicted octanol–water partition coefficient (Wildman–Crippen LogP) is 2.52. The zero-order chi connectivity index (χ0) is 14.9. The van der Waals surface area contributed by atoms with Crippen LogP contribution in [0.15, 0.2) is 36.7 Å². The van der Waals surface area contributed by atoms with Gasteiger partial charge in [0.25, 0.3) is 0 Å². The van der Waals surface area contributed by atoms with Crippen molar-refractivity contribution in [1.82, 2.24) is 19.7 Å². The van der Waals surface area contributed by atoms with Gasteiger partial charge in [0.2, 0.25) is 5.91 Å². The minimum absolute atomic E-state index is 0.286. The van der Waals surface area contributed by atoms with Crippen molar-refractivity contribution in [3.8, 4) is 11.4 Å². The second kappa shape index (κ2) is 5.55. The van der Waals surface area contributed by atoms with E-state index < -0.39 is 0 Å². The van der Waals surface area contributed by atoms with Gasteiger partial charge in [-0.3, -0.25) is 4.79 Å². The van der Waals surface area contributed by atoms with Crippen molar-refractivity contribution in [2.75, 3.05) is 13.1 Å². The normalized spacial score (nSPS) is 21.3. The molecule has 2 heterocycles. The van der Waals surface area contributed by atoms with E-state index >= 15 is 0 Å². The molecule has 0 radical (unpaired) electrons. The first-order valence-corrected chi connectivity index (χ1v) is 8.04. The molecule has 0 spiro atoms. The van der Waals surface area contributed by atoms with Crippen molar-refractivity contribution in [2.24, 2.45) is 5.92 Å². The van der Waals surface area contributed by atoms with Crippen molar-refractivity contribution in [3.63, 3.8) is 0 Å². The van der Waals surface area contributed by atoms with Crippen LogP contribution in [-0.4, -0.2) is 38.7 Å². The fourth-order valence-electron chi connectivity index (χ4n) is 3.20. The first-order chi connectivity index (χ1) is 10.8.